The van der Waals surface area contributed by atoms with E-state index in [1.807, 2.05) is 6.07 Å². The number of rotatable bonds is 4. The third-order valence-electron chi connectivity index (χ3n) is 4.57. The lowest BCUT2D eigenvalue weighted by molar-refractivity contribution is 0.452. The highest BCUT2D eigenvalue weighted by molar-refractivity contribution is 7.99. The van der Waals surface area contributed by atoms with Crippen molar-refractivity contribution < 1.29 is 0 Å². The molecule has 2 atom stereocenters. The minimum atomic E-state index is 0.250. The van der Waals surface area contributed by atoms with Gasteiger partial charge in [0, 0.05) is 11.3 Å². The van der Waals surface area contributed by atoms with Crippen molar-refractivity contribution in [3.05, 3.63) is 48.4 Å². The third-order valence-corrected chi connectivity index (χ3v) is 5.98. The molecule has 5 nitrogen and oxygen atoms in total. The molecule has 0 bridgehead atoms. The number of imidazole rings is 1. The van der Waals surface area contributed by atoms with Crippen molar-refractivity contribution in [3.63, 3.8) is 0 Å². The van der Waals surface area contributed by atoms with Crippen LogP contribution in [0.15, 0.2) is 48.0 Å². The van der Waals surface area contributed by atoms with E-state index < -0.39 is 0 Å². The molecular weight excluding hydrogens is 318 g/mol. The van der Waals surface area contributed by atoms with Crippen molar-refractivity contribution >= 4 is 22.9 Å². The monoisotopic (exact) mass is 339 g/mol. The highest BCUT2D eigenvalue weighted by Gasteiger charge is 2.25. The van der Waals surface area contributed by atoms with Crippen molar-refractivity contribution in [2.24, 2.45) is 5.73 Å². The number of benzene rings is 1. The van der Waals surface area contributed by atoms with Crippen molar-refractivity contribution in [1.29, 1.82) is 0 Å². The first-order chi connectivity index (χ1) is 11.8. The highest BCUT2D eigenvalue weighted by Crippen LogP contribution is 2.34. The summed E-state index contributed by atoms with van der Waals surface area (Å²) < 4.78 is 2.19. The Morgan fingerprint density at radius 2 is 2.00 bits per heavy atom. The Morgan fingerprint density at radius 3 is 2.83 bits per heavy atom. The van der Waals surface area contributed by atoms with E-state index in [1.54, 1.807) is 24.3 Å². The predicted molar refractivity (Wildman–Crippen MR) is 97.0 cm³/mol. The van der Waals surface area contributed by atoms with E-state index in [4.69, 9.17) is 10.7 Å². The van der Waals surface area contributed by atoms with Gasteiger partial charge in [-0.2, -0.15) is 0 Å². The number of thioether (sulfide) groups is 1. The Labute approximate surface area is 145 Å². The van der Waals surface area contributed by atoms with Crippen LogP contribution >= 0.6 is 11.8 Å². The average Bonchev–Trinajstić information content (AvgIpc) is 2.95. The first kappa shape index (κ1) is 15.6. The second-order valence-corrected chi connectivity index (χ2v) is 7.51. The molecule has 2 aromatic heterocycles. The maximum atomic E-state index is 6.34. The van der Waals surface area contributed by atoms with E-state index in [1.165, 1.54) is 18.4 Å². The minimum Gasteiger partial charge on any atom is -0.327 e. The van der Waals surface area contributed by atoms with Crippen LogP contribution in [0.25, 0.3) is 11.2 Å². The van der Waals surface area contributed by atoms with E-state index in [-0.39, 0.29) is 6.04 Å². The largest absolute Gasteiger partial charge is 0.327 e. The Kier molecular flexibility index (Phi) is 4.49. The molecule has 24 heavy (non-hydrogen) atoms. The zero-order valence-corrected chi connectivity index (χ0v) is 14.3. The Balaban J connectivity index is 1.69. The fraction of sp³-hybridized carbons (Fsp3) is 0.389. The van der Waals surface area contributed by atoms with Gasteiger partial charge in [-0.25, -0.2) is 15.0 Å². The van der Waals surface area contributed by atoms with E-state index in [0.29, 0.717) is 5.25 Å². The first-order valence-corrected chi connectivity index (χ1v) is 9.31. The standard InChI is InChI=1S/C18H21N5S/c19-14-8-4-5-9-16(14)24-18-22-15-10-20-12-21-17(15)23(18)11-13-6-2-1-3-7-13/h1-3,6-7,10,12,14,16H,4-5,8-9,11,19H2. The summed E-state index contributed by atoms with van der Waals surface area (Å²) in [4.78, 5) is 13.4. The normalized spacial score (nSPS) is 21.2. The van der Waals surface area contributed by atoms with Gasteiger partial charge >= 0.3 is 0 Å². The van der Waals surface area contributed by atoms with Crippen LogP contribution < -0.4 is 5.73 Å². The number of nitrogens with two attached hydrogens (primary N) is 1. The summed E-state index contributed by atoms with van der Waals surface area (Å²) in [6.07, 6.45) is 8.14. The zero-order valence-electron chi connectivity index (χ0n) is 13.5. The SMILES string of the molecule is NC1CCCCC1Sc1nc2cncnc2n1Cc1ccccc1. The van der Waals surface area contributed by atoms with Gasteiger partial charge in [0.15, 0.2) is 10.8 Å². The lowest BCUT2D eigenvalue weighted by Crippen LogP contribution is -2.35. The summed E-state index contributed by atoms with van der Waals surface area (Å²) in [7, 11) is 0. The Morgan fingerprint density at radius 1 is 1.17 bits per heavy atom. The molecule has 6 heteroatoms. The summed E-state index contributed by atoms with van der Waals surface area (Å²) in [6.45, 7) is 0.763. The number of nitrogens with zero attached hydrogens (tertiary/aromatic N) is 4. The molecule has 0 saturated heterocycles. The topological polar surface area (TPSA) is 69.6 Å². The minimum absolute atomic E-state index is 0.250. The lowest BCUT2D eigenvalue weighted by Gasteiger charge is -2.27. The summed E-state index contributed by atoms with van der Waals surface area (Å²) >= 11 is 1.80. The third kappa shape index (κ3) is 3.16. The predicted octanol–water partition coefficient (Wildman–Crippen LogP) is 3.24. The fourth-order valence-electron chi connectivity index (χ4n) is 3.26. The molecule has 2 unspecified atom stereocenters. The average molecular weight is 339 g/mol. The quantitative estimate of drug-likeness (QED) is 0.790. The van der Waals surface area contributed by atoms with Crippen molar-refractivity contribution in [1.82, 2.24) is 19.5 Å². The number of hydrogen-bond donors (Lipinski definition) is 1. The smallest absolute Gasteiger partial charge is 0.170 e. The molecule has 1 aromatic carbocycles. The van der Waals surface area contributed by atoms with E-state index in [9.17, 15) is 0 Å². The van der Waals surface area contributed by atoms with Crippen molar-refractivity contribution in [2.75, 3.05) is 0 Å². The summed E-state index contributed by atoms with van der Waals surface area (Å²) in [5.41, 5.74) is 9.32. The van der Waals surface area contributed by atoms with Crippen LogP contribution in [0.4, 0.5) is 0 Å². The van der Waals surface area contributed by atoms with Gasteiger partial charge in [-0.3, -0.25) is 4.57 Å². The van der Waals surface area contributed by atoms with Gasteiger partial charge in [0.2, 0.25) is 0 Å². The van der Waals surface area contributed by atoms with Gasteiger partial charge in [-0.05, 0) is 18.4 Å². The Bertz CT molecular complexity index is 817. The molecule has 2 N–H and O–H groups in total. The van der Waals surface area contributed by atoms with Gasteiger partial charge in [0.05, 0.1) is 12.7 Å². The molecule has 124 valence electrons. The van der Waals surface area contributed by atoms with Gasteiger partial charge in [-0.1, -0.05) is 54.9 Å². The molecule has 0 spiro atoms. The van der Waals surface area contributed by atoms with Gasteiger partial charge in [-0.15, -0.1) is 0 Å². The summed E-state index contributed by atoms with van der Waals surface area (Å²) in [6, 6.07) is 10.7. The van der Waals surface area contributed by atoms with Crippen LogP contribution in [0.2, 0.25) is 0 Å². The van der Waals surface area contributed by atoms with Gasteiger partial charge < -0.3 is 5.73 Å². The molecule has 4 rings (SSSR count). The van der Waals surface area contributed by atoms with Gasteiger partial charge in [0.1, 0.15) is 11.8 Å². The molecule has 0 radical (unpaired) electrons. The molecular formula is C18H21N5S. The molecule has 2 heterocycles. The van der Waals surface area contributed by atoms with Crippen molar-refractivity contribution in [3.8, 4) is 0 Å². The second-order valence-electron chi connectivity index (χ2n) is 6.30. The van der Waals surface area contributed by atoms with Crippen LogP contribution in [0.3, 0.4) is 0 Å². The molecule has 1 saturated carbocycles. The van der Waals surface area contributed by atoms with Crippen LogP contribution in [-0.4, -0.2) is 30.8 Å². The summed E-state index contributed by atoms with van der Waals surface area (Å²) in [5.74, 6) is 0. The number of fused-ring (bicyclic) bond motifs is 1. The van der Waals surface area contributed by atoms with Crippen LogP contribution in [0.1, 0.15) is 31.2 Å². The summed E-state index contributed by atoms with van der Waals surface area (Å²) in [5, 5.41) is 1.43. The van der Waals surface area contributed by atoms with Crippen molar-refractivity contribution in [2.45, 2.75) is 48.7 Å². The maximum Gasteiger partial charge on any atom is 0.170 e. The molecule has 1 fully saturated rings. The first-order valence-electron chi connectivity index (χ1n) is 8.43. The molecule has 3 aromatic rings. The number of aromatic nitrogens is 4. The fourth-order valence-corrected chi connectivity index (χ4v) is 4.56. The van der Waals surface area contributed by atoms with Crippen LogP contribution in [0, 0.1) is 0 Å². The molecule has 1 aliphatic carbocycles. The maximum absolute atomic E-state index is 6.34. The molecule has 0 aliphatic heterocycles. The lowest BCUT2D eigenvalue weighted by atomic mass is 9.96. The second kappa shape index (κ2) is 6.91. The van der Waals surface area contributed by atoms with Crippen LogP contribution in [0.5, 0.6) is 0 Å². The zero-order chi connectivity index (χ0) is 16.4. The van der Waals surface area contributed by atoms with E-state index in [0.717, 1.165) is 35.7 Å². The number of hydrogen-bond acceptors (Lipinski definition) is 5. The highest BCUT2D eigenvalue weighted by atomic mass is 32.2. The van der Waals surface area contributed by atoms with Crippen LogP contribution in [-0.2, 0) is 6.54 Å². The van der Waals surface area contributed by atoms with E-state index in [2.05, 4.69) is 38.8 Å². The Hall–Kier alpha value is -1.92. The molecule has 1 aliphatic rings. The molecule has 0 amide bonds. The van der Waals surface area contributed by atoms with Gasteiger partial charge in [0.25, 0.3) is 0 Å². The van der Waals surface area contributed by atoms with E-state index >= 15 is 0 Å².